The molecule has 1 N–H and O–H groups in total. The highest BCUT2D eigenvalue weighted by Crippen LogP contribution is 2.27. The van der Waals surface area contributed by atoms with Crippen molar-refractivity contribution in [3.63, 3.8) is 0 Å². The lowest BCUT2D eigenvalue weighted by atomic mass is 9.85. The molecule has 0 aromatic heterocycles. The average Bonchev–Trinajstić information content (AvgIpc) is 2.27. The van der Waals surface area contributed by atoms with Crippen molar-refractivity contribution in [2.75, 3.05) is 20.1 Å². The van der Waals surface area contributed by atoms with Crippen LogP contribution in [0.15, 0.2) is 0 Å². The van der Waals surface area contributed by atoms with E-state index < -0.39 is 12.7 Å². The summed E-state index contributed by atoms with van der Waals surface area (Å²) in [5.74, 6) is 0.160. The average molecular weight is 266 g/mol. The van der Waals surface area contributed by atoms with Gasteiger partial charge in [0.2, 0.25) is 5.91 Å². The van der Waals surface area contributed by atoms with Crippen LogP contribution in [0.5, 0.6) is 0 Å². The van der Waals surface area contributed by atoms with Gasteiger partial charge < -0.3 is 10.2 Å². The first-order chi connectivity index (χ1) is 8.31. The van der Waals surface area contributed by atoms with Gasteiger partial charge in [-0.3, -0.25) is 4.79 Å². The molecule has 18 heavy (non-hydrogen) atoms. The van der Waals surface area contributed by atoms with E-state index in [1.54, 1.807) is 11.9 Å². The van der Waals surface area contributed by atoms with Crippen LogP contribution in [0.1, 0.15) is 32.6 Å². The summed E-state index contributed by atoms with van der Waals surface area (Å²) in [6.07, 6.45) is 0.0204. The van der Waals surface area contributed by atoms with Crippen molar-refractivity contribution < 1.29 is 18.0 Å². The largest absolute Gasteiger partial charge is 0.401 e. The lowest BCUT2D eigenvalue weighted by Gasteiger charge is -2.36. The second-order valence-corrected chi connectivity index (χ2v) is 5.05. The fraction of sp³-hybridized carbons (Fsp3) is 0.917. The highest BCUT2D eigenvalue weighted by atomic mass is 19.4. The van der Waals surface area contributed by atoms with Crippen molar-refractivity contribution in [1.82, 2.24) is 10.2 Å². The van der Waals surface area contributed by atoms with Crippen molar-refractivity contribution in [3.8, 4) is 0 Å². The first-order valence-electron chi connectivity index (χ1n) is 6.34. The summed E-state index contributed by atoms with van der Waals surface area (Å²) in [7, 11) is 1.68. The summed E-state index contributed by atoms with van der Waals surface area (Å²) in [5, 5.41) is 2.14. The van der Waals surface area contributed by atoms with Gasteiger partial charge in [-0.05, 0) is 18.8 Å². The Morgan fingerprint density at radius 3 is 2.50 bits per heavy atom. The molecule has 0 aliphatic heterocycles. The first-order valence-corrected chi connectivity index (χ1v) is 6.34. The monoisotopic (exact) mass is 266 g/mol. The molecule has 1 aliphatic carbocycles. The molecule has 1 aliphatic rings. The Labute approximate surface area is 106 Å². The van der Waals surface area contributed by atoms with E-state index in [0.29, 0.717) is 5.92 Å². The third-order valence-electron chi connectivity index (χ3n) is 3.56. The molecule has 2 unspecified atom stereocenters. The molecule has 0 spiro atoms. The minimum Gasteiger partial charge on any atom is -0.341 e. The van der Waals surface area contributed by atoms with Crippen LogP contribution in [0.4, 0.5) is 13.2 Å². The van der Waals surface area contributed by atoms with Gasteiger partial charge in [0, 0.05) is 13.1 Å². The maximum atomic E-state index is 11.9. The fourth-order valence-electron chi connectivity index (χ4n) is 2.49. The van der Waals surface area contributed by atoms with Crippen molar-refractivity contribution >= 4 is 5.91 Å². The van der Waals surface area contributed by atoms with Crippen LogP contribution in [0, 0.1) is 5.92 Å². The molecule has 0 saturated heterocycles. The molecule has 0 heterocycles. The number of hydrogen-bond donors (Lipinski definition) is 1. The number of carbonyl (C=O) groups excluding carboxylic acids is 1. The van der Waals surface area contributed by atoms with Crippen LogP contribution in [0.2, 0.25) is 0 Å². The Morgan fingerprint density at radius 2 is 1.94 bits per heavy atom. The zero-order valence-corrected chi connectivity index (χ0v) is 10.9. The fourth-order valence-corrected chi connectivity index (χ4v) is 2.49. The van der Waals surface area contributed by atoms with Gasteiger partial charge >= 0.3 is 6.18 Å². The number of halogens is 3. The summed E-state index contributed by atoms with van der Waals surface area (Å²) in [6.45, 7) is 0.725. The second-order valence-electron chi connectivity index (χ2n) is 5.05. The lowest BCUT2D eigenvalue weighted by Crippen LogP contribution is -2.47. The molecule has 1 amide bonds. The number of hydrogen-bond acceptors (Lipinski definition) is 2. The Kier molecular flexibility index (Phi) is 5.44. The summed E-state index contributed by atoms with van der Waals surface area (Å²) >= 11 is 0. The summed E-state index contributed by atoms with van der Waals surface area (Å²) in [6, 6.07) is 0.166. The molecule has 1 fully saturated rings. The van der Waals surface area contributed by atoms with E-state index in [0.717, 1.165) is 19.3 Å². The van der Waals surface area contributed by atoms with Crippen molar-refractivity contribution in [1.29, 1.82) is 0 Å². The number of nitrogens with one attached hydrogen (secondary N) is 1. The van der Waals surface area contributed by atoms with Crippen LogP contribution in [-0.4, -0.2) is 43.2 Å². The number of amides is 1. The van der Waals surface area contributed by atoms with E-state index in [2.05, 4.69) is 12.2 Å². The normalized spacial score (nSPS) is 24.9. The number of carbonyl (C=O) groups is 1. The van der Waals surface area contributed by atoms with Crippen LogP contribution < -0.4 is 5.32 Å². The topological polar surface area (TPSA) is 32.3 Å². The molecule has 0 radical (unpaired) electrons. The van der Waals surface area contributed by atoms with Gasteiger partial charge in [-0.25, -0.2) is 0 Å². The number of rotatable bonds is 4. The van der Waals surface area contributed by atoms with Gasteiger partial charge in [0.05, 0.1) is 13.1 Å². The zero-order chi connectivity index (χ0) is 13.8. The number of alkyl halides is 3. The molecule has 6 heteroatoms. The Morgan fingerprint density at radius 1 is 1.33 bits per heavy atom. The van der Waals surface area contributed by atoms with Gasteiger partial charge in [0.1, 0.15) is 0 Å². The predicted molar refractivity (Wildman–Crippen MR) is 63.1 cm³/mol. The molecule has 2 atom stereocenters. The molecule has 1 rings (SSSR count). The summed E-state index contributed by atoms with van der Waals surface area (Å²) in [4.78, 5) is 13.4. The molecule has 3 nitrogen and oxygen atoms in total. The quantitative estimate of drug-likeness (QED) is 0.846. The van der Waals surface area contributed by atoms with Crippen LogP contribution in [0.3, 0.4) is 0 Å². The SMILES string of the molecule is CC1CCCCC1N(C)C(=O)CNCC(F)(F)F. The summed E-state index contributed by atoms with van der Waals surface area (Å²) < 4.78 is 35.8. The van der Waals surface area contributed by atoms with Gasteiger partial charge in [0.25, 0.3) is 0 Å². The molecular weight excluding hydrogens is 245 g/mol. The molecule has 0 aromatic rings. The Bertz CT molecular complexity index is 281. The van der Waals surface area contributed by atoms with Gasteiger partial charge in [-0.1, -0.05) is 19.8 Å². The highest BCUT2D eigenvalue weighted by Gasteiger charge is 2.29. The molecule has 106 valence electrons. The second kappa shape index (κ2) is 6.41. The molecule has 1 saturated carbocycles. The van der Waals surface area contributed by atoms with Crippen molar-refractivity contribution in [2.24, 2.45) is 5.92 Å². The van der Waals surface area contributed by atoms with Gasteiger partial charge in [0.15, 0.2) is 0 Å². The minimum absolute atomic E-state index is 0.166. The van der Waals surface area contributed by atoms with E-state index in [-0.39, 0.29) is 18.5 Å². The van der Waals surface area contributed by atoms with E-state index in [1.165, 1.54) is 6.42 Å². The Balaban J connectivity index is 2.36. The van der Waals surface area contributed by atoms with E-state index in [4.69, 9.17) is 0 Å². The highest BCUT2D eigenvalue weighted by molar-refractivity contribution is 5.78. The predicted octanol–water partition coefficient (Wildman–Crippen LogP) is 2.18. The Hall–Kier alpha value is -0.780. The van der Waals surface area contributed by atoms with Gasteiger partial charge in [-0.2, -0.15) is 13.2 Å². The van der Waals surface area contributed by atoms with Gasteiger partial charge in [-0.15, -0.1) is 0 Å². The van der Waals surface area contributed by atoms with Crippen LogP contribution in [-0.2, 0) is 4.79 Å². The standard InChI is InChI=1S/C12H21F3N2O/c1-9-5-3-4-6-10(9)17(2)11(18)7-16-8-12(13,14)15/h9-10,16H,3-8H2,1-2H3. The maximum absolute atomic E-state index is 11.9. The molecule has 0 aromatic carbocycles. The molecular formula is C12H21F3N2O. The smallest absolute Gasteiger partial charge is 0.341 e. The third kappa shape index (κ3) is 4.84. The van der Waals surface area contributed by atoms with Crippen LogP contribution >= 0.6 is 0 Å². The summed E-state index contributed by atoms with van der Waals surface area (Å²) in [5.41, 5.74) is 0. The molecule has 0 bridgehead atoms. The van der Waals surface area contributed by atoms with Crippen molar-refractivity contribution in [3.05, 3.63) is 0 Å². The minimum atomic E-state index is -4.27. The lowest BCUT2D eigenvalue weighted by molar-refractivity contribution is -0.136. The third-order valence-corrected chi connectivity index (χ3v) is 3.56. The zero-order valence-electron chi connectivity index (χ0n) is 10.9. The number of likely N-dealkylation sites (N-methyl/N-ethyl adjacent to an activating group) is 1. The van der Waals surface area contributed by atoms with Crippen molar-refractivity contribution in [2.45, 2.75) is 44.8 Å². The first kappa shape index (κ1) is 15.3. The van der Waals surface area contributed by atoms with E-state index in [1.807, 2.05) is 0 Å². The van der Waals surface area contributed by atoms with Crippen LogP contribution in [0.25, 0.3) is 0 Å². The van der Waals surface area contributed by atoms with E-state index in [9.17, 15) is 18.0 Å². The maximum Gasteiger partial charge on any atom is 0.401 e. The van der Waals surface area contributed by atoms with E-state index >= 15 is 0 Å². The number of nitrogens with zero attached hydrogens (tertiary/aromatic N) is 1.